The molecule has 1 heterocycles. The first-order valence-electron chi connectivity index (χ1n) is 10.2. The topological polar surface area (TPSA) is 41.4 Å². The van der Waals surface area contributed by atoms with Crippen molar-refractivity contribution in [3.05, 3.63) is 70.6 Å². The van der Waals surface area contributed by atoms with Gasteiger partial charge in [-0.15, -0.1) is 0 Å². The second kappa shape index (κ2) is 9.58. The lowest BCUT2D eigenvalue weighted by atomic mass is 9.96. The van der Waals surface area contributed by atoms with Crippen molar-refractivity contribution in [2.45, 2.75) is 44.7 Å². The molecule has 0 atom stereocenters. The molecule has 1 aromatic heterocycles. The zero-order valence-electron chi connectivity index (χ0n) is 16.6. The van der Waals surface area contributed by atoms with E-state index in [1.165, 1.54) is 31.4 Å². The number of hydrazone groups is 1. The van der Waals surface area contributed by atoms with Gasteiger partial charge in [0.25, 0.3) is 0 Å². The Balaban J connectivity index is 1.49. The van der Waals surface area contributed by atoms with E-state index in [9.17, 15) is 4.39 Å². The van der Waals surface area contributed by atoms with Crippen molar-refractivity contribution < 1.29 is 4.39 Å². The van der Waals surface area contributed by atoms with Crippen LogP contribution in [0.15, 0.2) is 53.8 Å². The molecular formula is C23H24ClFN4S. The maximum absolute atomic E-state index is 13.4. The summed E-state index contributed by atoms with van der Waals surface area (Å²) < 4.78 is 15.5. The molecule has 30 heavy (non-hydrogen) atoms. The Labute approximate surface area is 186 Å². The molecule has 0 bridgehead atoms. The maximum atomic E-state index is 13.4. The highest BCUT2D eigenvalue weighted by atomic mass is 35.5. The van der Waals surface area contributed by atoms with Gasteiger partial charge >= 0.3 is 0 Å². The van der Waals surface area contributed by atoms with Crippen LogP contribution in [0, 0.1) is 5.82 Å². The lowest BCUT2D eigenvalue weighted by molar-refractivity contribution is 0.412. The second-order valence-electron chi connectivity index (χ2n) is 7.64. The molecule has 4 rings (SSSR count). The third-order valence-electron chi connectivity index (χ3n) is 5.49. The predicted octanol–water partition coefficient (Wildman–Crippen LogP) is 5.61. The molecule has 3 aromatic rings. The summed E-state index contributed by atoms with van der Waals surface area (Å²) in [5.74, 6) is -0.335. The molecule has 1 aliphatic carbocycles. The molecule has 1 aliphatic rings. The Kier molecular flexibility index (Phi) is 6.65. The zero-order valence-corrected chi connectivity index (χ0v) is 18.1. The van der Waals surface area contributed by atoms with Crippen molar-refractivity contribution in [1.82, 2.24) is 15.3 Å². The lowest BCUT2D eigenvalue weighted by Gasteiger charge is -2.23. The maximum Gasteiger partial charge on any atom is 0.187 e. The lowest BCUT2D eigenvalue weighted by Crippen LogP contribution is -2.40. The van der Waals surface area contributed by atoms with Gasteiger partial charge in [0.2, 0.25) is 0 Å². The number of thiocarbonyl (C=S) groups is 1. The van der Waals surface area contributed by atoms with E-state index in [2.05, 4.69) is 26.5 Å². The van der Waals surface area contributed by atoms with Crippen LogP contribution in [0.1, 0.15) is 43.2 Å². The molecule has 1 fully saturated rings. The minimum atomic E-state index is -0.335. The molecule has 0 unspecified atom stereocenters. The van der Waals surface area contributed by atoms with Crippen molar-refractivity contribution in [2.75, 3.05) is 0 Å². The van der Waals surface area contributed by atoms with E-state index in [0.29, 0.717) is 22.7 Å². The number of nitrogens with one attached hydrogen (secondary N) is 2. The number of aromatic nitrogens is 1. The van der Waals surface area contributed by atoms with Crippen LogP contribution >= 0.6 is 23.8 Å². The van der Waals surface area contributed by atoms with E-state index in [1.54, 1.807) is 12.3 Å². The summed E-state index contributed by atoms with van der Waals surface area (Å²) in [7, 11) is 0. The van der Waals surface area contributed by atoms with Crippen molar-refractivity contribution in [2.24, 2.45) is 5.10 Å². The largest absolute Gasteiger partial charge is 0.359 e. The molecule has 0 aliphatic heterocycles. The van der Waals surface area contributed by atoms with E-state index in [1.807, 2.05) is 24.4 Å². The Hall–Kier alpha value is -2.44. The highest BCUT2D eigenvalue weighted by Gasteiger charge is 2.14. The second-order valence-corrected chi connectivity index (χ2v) is 8.46. The van der Waals surface area contributed by atoms with Gasteiger partial charge in [0.15, 0.2) is 5.11 Å². The number of para-hydroxylation sites is 1. The molecule has 156 valence electrons. The first kappa shape index (κ1) is 20.8. The number of fused-ring (bicyclic) bond motifs is 1. The van der Waals surface area contributed by atoms with Crippen molar-refractivity contribution in [3.63, 3.8) is 0 Å². The summed E-state index contributed by atoms with van der Waals surface area (Å²) in [6.07, 6.45) is 9.93. The minimum absolute atomic E-state index is 0.335. The fourth-order valence-electron chi connectivity index (χ4n) is 3.97. The molecule has 0 spiro atoms. The van der Waals surface area contributed by atoms with Gasteiger partial charge in [-0.05, 0) is 48.8 Å². The fraction of sp³-hybridized carbons (Fsp3) is 0.304. The van der Waals surface area contributed by atoms with Crippen LogP contribution in [0.4, 0.5) is 4.39 Å². The highest BCUT2D eigenvalue weighted by Crippen LogP contribution is 2.24. The SMILES string of the molecule is Fc1ccc(Cn2cc(/C=N/NC(=S)NC3CCCCC3)c3ccccc32)c(Cl)c1. The van der Waals surface area contributed by atoms with Gasteiger partial charge in [0.05, 0.1) is 6.21 Å². The molecule has 2 N–H and O–H groups in total. The molecule has 4 nitrogen and oxygen atoms in total. The quantitative estimate of drug-likeness (QED) is 0.306. The summed E-state index contributed by atoms with van der Waals surface area (Å²) in [6, 6.07) is 13.0. The Morgan fingerprint density at radius 3 is 2.80 bits per heavy atom. The van der Waals surface area contributed by atoms with Crippen LogP contribution in [0.5, 0.6) is 0 Å². The third-order valence-corrected chi connectivity index (χ3v) is 6.05. The van der Waals surface area contributed by atoms with Gasteiger partial charge in [-0.25, -0.2) is 4.39 Å². The fourth-order valence-corrected chi connectivity index (χ4v) is 4.41. The molecule has 0 amide bonds. The van der Waals surface area contributed by atoms with Crippen molar-refractivity contribution in [3.8, 4) is 0 Å². The van der Waals surface area contributed by atoms with E-state index in [-0.39, 0.29) is 5.82 Å². The van der Waals surface area contributed by atoms with Gasteiger partial charge < -0.3 is 9.88 Å². The highest BCUT2D eigenvalue weighted by molar-refractivity contribution is 7.80. The number of nitrogens with zero attached hydrogens (tertiary/aromatic N) is 2. The predicted molar refractivity (Wildman–Crippen MR) is 126 cm³/mol. The smallest absolute Gasteiger partial charge is 0.187 e. The van der Waals surface area contributed by atoms with Gasteiger partial charge in [-0.3, -0.25) is 5.43 Å². The van der Waals surface area contributed by atoms with E-state index < -0.39 is 0 Å². The van der Waals surface area contributed by atoms with Crippen LogP contribution in [0.3, 0.4) is 0 Å². The molecule has 0 radical (unpaired) electrons. The molecular weight excluding hydrogens is 419 g/mol. The van der Waals surface area contributed by atoms with Crippen LogP contribution < -0.4 is 10.7 Å². The van der Waals surface area contributed by atoms with Crippen molar-refractivity contribution in [1.29, 1.82) is 0 Å². The minimum Gasteiger partial charge on any atom is -0.359 e. The number of hydrogen-bond donors (Lipinski definition) is 2. The van der Waals surface area contributed by atoms with Gasteiger partial charge in [-0.1, -0.05) is 55.1 Å². The number of halogens is 2. The average molecular weight is 443 g/mol. The summed E-state index contributed by atoms with van der Waals surface area (Å²) in [5.41, 5.74) is 5.82. The van der Waals surface area contributed by atoms with Gasteiger partial charge in [0, 0.05) is 40.3 Å². The molecule has 2 aromatic carbocycles. The van der Waals surface area contributed by atoms with Crippen molar-refractivity contribution >= 4 is 46.0 Å². The first-order valence-corrected chi connectivity index (χ1v) is 11.0. The summed E-state index contributed by atoms with van der Waals surface area (Å²) in [4.78, 5) is 0. The van der Waals surface area contributed by atoms with E-state index >= 15 is 0 Å². The summed E-state index contributed by atoms with van der Waals surface area (Å²) in [5, 5.41) is 9.74. The number of rotatable bonds is 5. The molecule has 0 saturated heterocycles. The van der Waals surface area contributed by atoms with Crippen LogP contribution in [-0.2, 0) is 6.54 Å². The van der Waals surface area contributed by atoms with Crippen LogP contribution in [0.25, 0.3) is 10.9 Å². The summed E-state index contributed by atoms with van der Waals surface area (Å²) >= 11 is 11.6. The third kappa shape index (κ3) is 4.99. The molecule has 1 saturated carbocycles. The van der Waals surface area contributed by atoms with Gasteiger partial charge in [-0.2, -0.15) is 5.10 Å². The average Bonchev–Trinajstić information content (AvgIpc) is 3.08. The first-order chi connectivity index (χ1) is 14.6. The van der Waals surface area contributed by atoms with Gasteiger partial charge in [0.1, 0.15) is 5.82 Å². The molecule has 7 heteroatoms. The summed E-state index contributed by atoms with van der Waals surface area (Å²) in [6.45, 7) is 0.544. The van der Waals surface area contributed by atoms with Crippen LogP contribution in [-0.4, -0.2) is 21.9 Å². The Morgan fingerprint density at radius 1 is 1.20 bits per heavy atom. The zero-order chi connectivity index (χ0) is 20.9. The standard InChI is InChI=1S/C23H24ClFN4S/c24-21-12-18(25)11-10-16(21)14-29-15-17(20-8-4-5-9-22(20)29)13-26-28-23(30)27-19-6-2-1-3-7-19/h4-5,8-13,15,19H,1-3,6-7,14H2,(H2,27,28,30)/b26-13+. The van der Waals surface area contributed by atoms with E-state index in [4.69, 9.17) is 23.8 Å². The normalized spacial score (nSPS) is 15.0. The van der Waals surface area contributed by atoms with E-state index in [0.717, 1.165) is 34.9 Å². The Morgan fingerprint density at radius 2 is 2.00 bits per heavy atom. The number of benzene rings is 2. The Bertz CT molecular complexity index is 1070. The van der Waals surface area contributed by atoms with Crippen LogP contribution in [0.2, 0.25) is 5.02 Å². The number of hydrogen-bond acceptors (Lipinski definition) is 2. The monoisotopic (exact) mass is 442 g/mol.